The number of methoxy groups -OCH3 is 2. The van der Waals surface area contributed by atoms with Crippen LogP contribution in [-0.2, 0) is 0 Å². The van der Waals surface area contributed by atoms with Crippen molar-refractivity contribution in [3.8, 4) is 23.0 Å². The normalized spacial score (nSPS) is 20.9. The number of unbranched alkanes of at least 4 members (excludes halogenated alkanes) is 2. The molecule has 0 unspecified atom stereocenters. The minimum absolute atomic E-state index is 0.00209. The number of hydrogen-bond acceptors (Lipinski definition) is 10. The number of nitrogens with one attached hydrogen (secondary N) is 2. The van der Waals surface area contributed by atoms with Gasteiger partial charge >= 0.3 is 0 Å². The number of nitrogens with two attached hydrogens (primary N) is 1. The molecule has 4 aliphatic rings. The van der Waals surface area contributed by atoms with E-state index in [1.807, 2.05) is 47.5 Å². The second kappa shape index (κ2) is 13.8. The average molecular weight is 670 g/mol. The van der Waals surface area contributed by atoms with E-state index in [-0.39, 0.29) is 23.9 Å². The smallest absolute Gasteiger partial charge is 0.260 e. The van der Waals surface area contributed by atoms with Gasteiger partial charge in [0.05, 0.1) is 68.1 Å². The molecule has 3 aromatic carbocycles. The zero-order chi connectivity index (χ0) is 34.1. The molecular formula is C37H43N5O7. The number of hydrogen-bond donors (Lipinski definition) is 4. The third kappa shape index (κ3) is 6.52. The highest BCUT2D eigenvalue weighted by Gasteiger charge is 2.38. The van der Waals surface area contributed by atoms with Crippen molar-refractivity contribution in [2.45, 2.75) is 50.3 Å². The Hall–Kier alpha value is -5.10. The van der Waals surface area contributed by atoms with E-state index >= 15 is 0 Å². The lowest BCUT2D eigenvalue weighted by Crippen LogP contribution is -2.37. The van der Waals surface area contributed by atoms with Crippen LogP contribution in [0.25, 0.3) is 5.57 Å². The van der Waals surface area contributed by atoms with Crippen LogP contribution in [0, 0.1) is 0 Å². The molecule has 1 fully saturated rings. The maximum atomic E-state index is 13.7. The molecule has 7 rings (SSSR count). The minimum Gasteiger partial charge on any atom is -0.493 e. The summed E-state index contributed by atoms with van der Waals surface area (Å²) in [4.78, 5) is 30.4. The van der Waals surface area contributed by atoms with E-state index in [2.05, 4.69) is 10.6 Å². The Balaban J connectivity index is 0.920. The fraction of sp³-hybridized carbons (Fsp3) is 0.405. The van der Waals surface area contributed by atoms with E-state index in [4.69, 9.17) is 24.7 Å². The second-order valence-corrected chi connectivity index (χ2v) is 13.0. The van der Waals surface area contributed by atoms with Crippen LogP contribution in [-0.4, -0.2) is 92.0 Å². The van der Waals surface area contributed by atoms with Crippen LogP contribution in [0.1, 0.15) is 58.4 Å². The molecule has 49 heavy (non-hydrogen) atoms. The van der Waals surface area contributed by atoms with Gasteiger partial charge in [-0.15, -0.1) is 0 Å². The molecule has 3 aromatic rings. The first-order valence-corrected chi connectivity index (χ1v) is 16.9. The van der Waals surface area contributed by atoms with Crippen molar-refractivity contribution in [2.75, 3.05) is 63.4 Å². The number of anilines is 3. The summed E-state index contributed by atoms with van der Waals surface area (Å²) in [6, 6.07) is 14.9. The molecule has 258 valence electrons. The van der Waals surface area contributed by atoms with Gasteiger partial charge in [0, 0.05) is 43.7 Å². The van der Waals surface area contributed by atoms with Gasteiger partial charge in [0.25, 0.3) is 11.8 Å². The summed E-state index contributed by atoms with van der Waals surface area (Å²) in [6.45, 7) is 2.49. The van der Waals surface area contributed by atoms with Crippen LogP contribution in [0.5, 0.6) is 23.0 Å². The molecule has 0 bridgehead atoms. The number of ether oxygens (including phenoxy) is 4. The molecule has 12 nitrogen and oxygen atoms in total. The lowest BCUT2D eigenvalue weighted by atomic mass is 10.0. The number of fused-ring (bicyclic) bond motifs is 4. The first-order valence-electron chi connectivity index (χ1n) is 16.9. The highest BCUT2D eigenvalue weighted by Crippen LogP contribution is 2.40. The third-order valence-electron chi connectivity index (χ3n) is 9.74. The number of nitrogen functional groups attached to an aromatic ring is 1. The van der Waals surface area contributed by atoms with Crippen molar-refractivity contribution in [3.63, 3.8) is 0 Å². The molecule has 5 N–H and O–H groups in total. The number of nitrogens with zero attached hydrogens (tertiary/aromatic N) is 2. The van der Waals surface area contributed by atoms with E-state index in [0.717, 1.165) is 42.5 Å². The minimum atomic E-state index is -0.494. The molecule has 0 spiro atoms. The van der Waals surface area contributed by atoms with Gasteiger partial charge in [-0.1, -0.05) is 12.1 Å². The highest BCUT2D eigenvalue weighted by atomic mass is 16.5. The maximum absolute atomic E-state index is 13.7. The third-order valence-corrected chi connectivity index (χ3v) is 9.74. The van der Waals surface area contributed by atoms with Gasteiger partial charge in [0.1, 0.15) is 0 Å². The Morgan fingerprint density at radius 3 is 2.00 bits per heavy atom. The number of rotatable bonds is 11. The lowest BCUT2D eigenvalue weighted by Gasteiger charge is -2.21. The molecule has 0 aromatic heterocycles. The average Bonchev–Trinajstić information content (AvgIpc) is 3.65. The number of carbonyl (C=O) groups excluding carboxylic acids is 2. The Morgan fingerprint density at radius 2 is 1.39 bits per heavy atom. The summed E-state index contributed by atoms with van der Waals surface area (Å²) in [5.41, 5.74) is 11.3. The van der Waals surface area contributed by atoms with E-state index in [1.54, 1.807) is 31.3 Å². The summed E-state index contributed by atoms with van der Waals surface area (Å²) in [5, 5.41) is 16.9. The lowest BCUT2D eigenvalue weighted by molar-refractivity contribution is 0.0728. The van der Waals surface area contributed by atoms with Gasteiger partial charge in [0.2, 0.25) is 0 Å². The van der Waals surface area contributed by atoms with Crippen LogP contribution in [0.4, 0.5) is 17.1 Å². The summed E-state index contributed by atoms with van der Waals surface area (Å²) in [7, 11) is 3.14. The monoisotopic (exact) mass is 669 g/mol. The van der Waals surface area contributed by atoms with Gasteiger partial charge in [-0.2, -0.15) is 0 Å². The number of benzene rings is 3. The number of carbonyl (C=O) groups is 2. The van der Waals surface area contributed by atoms with Crippen LogP contribution >= 0.6 is 0 Å². The molecule has 12 heteroatoms. The van der Waals surface area contributed by atoms with Crippen molar-refractivity contribution in [1.82, 2.24) is 9.80 Å². The predicted molar refractivity (Wildman–Crippen MR) is 187 cm³/mol. The van der Waals surface area contributed by atoms with E-state index in [0.29, 0.717) is 84.8 Å². The Kier molecular flexibility index (Phi) is 9.13. The first kappa shape index (κ1) is 32.4. The van der Waals surface area contributed by atoms with Crippen molar-refractivity contribution in [1.29, 1.82) is 0 Å². The van der Waals surface area contributed by atoms with Crippen LogP contribution in [0.15, 0.2) is 54.7 Å². The van der Waals surface area contributed by atoms with Crippen molar-refractivity contribution >= 4 is 34.4 Å². The first-order chi connectivity index (χ1) is 23.8. The molecule has 0 saturated carbocycles. The Labute approximate surface area is 285 Å². The molecule has 0 aliphatic carbocycles. The zero-order valence-electron chi connectivity index (χ0n) is 27.9. The molecule has 2 amide bonds. The largest absolute Gasteiger partial charge is 0.493 e. The highest BCUT2D eigenvalue weighted by molar-refractivity contribution is 6.03. The maximum Gasteiger partial charge on any atom is 0.260 e. The van der Waals surface area contributed by atoms with E-state index < -0.39 is 6.10 Å². The van der Waals surface area contributed by atoms with Crippen molar-refractivity contribution in [3.05, 3.63) is 71.4 Å². The van der Waals surface area contributed by atoms with Gasteiger partial charge in [-0.3, -0.25) is 9.59 Å². The van der Waals surface area contributed by atoms with Gasteiger partial charge in [0.15, 0.2) is 23.0 Å². The molecule has 4 heterocycles. The fourth-order valence-corrected chi connectivity index (χ4v) is 7.10. The van der Waals surface area contributed by atoms with Gasteiger partial charge < -0.3 is 50.2 Å². The SMILES string of the molecule is COc1cc2c(cc1OCCCCCOc1cc3c(cc1OC)C(=O)N1C[C@@H](O)C[C@H]1CN3)NC[C@@H]1CC(c3ccc(N)cc3)=CN1C2=O. The fourth-order valence-electron chi connectivity index (χ4n) is 7.10. The van der Waals surface area contributed by atoms with Gasteiger partial charge in [-0.05, 0) is 67.5 Å². The standard InChI is InChI=1S/C37H43N5O7/c1-46-32-14-28-30(39-18-25-12-23(20-41(25)36(28)44)22-6-8-24(38)9-7-22)16-34(32)48-10-4-3-5-11-49-35-17-31-29(15-33(35)47-2)37(45)42-21-27(43)13-26(42)19-40-31/h6-9,14-17,20,25-27,39-40,43H,3-5,10-13,18-19,21,38H2,1-2H3/t25-,26-,27-/m0/s1. The molecule has 3 atom stereocenters. The topological polar surface area (TPSA) is 148 Å². The quantitative estimate of drug-likeness (QED) is 0.169. The number of aliphatic hydroxyl groups excluding tert-OH is 1. The van der Waals surface area contributed by atoms with Crippen LogP contribution in [0.3, 0.4) is 0 Å². The molecular weight excluding hydrogens is 626 g/mol. The molecule has 0 radical (unpaired) electrons. The van der Waals surface area contributed by atoms with Crippen molar-refractivity contribution < 1.29 is 33.6 Å². The number of aliphatic hydroxyl groups is 1. The number of amides is 2. The summed E-state index contributed by atoms with van der Waals surface area (Å²) >= 11 is 0. The van der Waals surface area contributed by atoms with Crippen LogP contribution < -0.4 is 35.3 Å². The summed E-state index contributed by atoms with van der Waals surface area (Å²) in [6.07, 6.45) is 5.23. The Bertz CT molecular complexity index is 1760. The summed E-state index contributed by atoms with van der Waals surface area (Å²) < 4.78 is 23.4. The second-order valence-electron chi connectivity index (χ2n) is 13.0. The van der Waals surface area contributed by atoms with Gasteiger partial charge in [-0.25, -0.2) is 0 Å². The summed E-state index contributed by atoms with van der Waals surface area (Å²) in [5.74, 6) is 1.99. The van der Waals surface area contributed by atoms with Crippen LogP contribution in [0.2, 0.25) is 0 Å². The Morgan fingerprint density at radius 1 is 0.796 bits per heavy atom. The van der Waals surface area contributed by atoms with E-state index in [1.165, 1.54) is 0 Å². The zero-order valence-corrected chi connectivity index (χ0v) is 27.9. The van der Waals surface area contributed by atoms with Crippen molar-refractivity contribution in [2.24, 2.45) is 0 Å². The van der Waals surface area contributed by atoms with E-state index in [9.17, 15) is 14.7 Å². The molecule has 1 saturated heterocycles. The predicted octanol–water partition coefficient (Wildman–Crippen LogP) is 4.60. The molecule has 4 aliphatic heterocycles.